The normalized spacial score (nSPS) is 17.1. The molecule has 2 aromatic rings. The van der Waals surface area contributed by atoms with Gasteiger partial charge in [-0.15, -0.1) is 13.2 Å². The monoisotopic (exact) mass is 446 g/mol. The van der Waals surface area contributed by atoms with Gasteiger partial charge in [-0.25, -0.2) is 4.79 Å². The Morgan fingerprint density at radius 3 is 2.70 bits per heavy atom. The molecule has 2 aliphatic heterocycles. The van der Waals surface area contributed by atoms with E-state index in [-0.39, 0.29) is 11.6 Å². The van der Waals surface area contributed by atoms with Gasteiger partial charge in [-0.1, -0.05) is 24.3 Å². The summed E-state index contributed by atoms with van der Waals surface area (Å²) >= 11 is 0. The third-order valence-electron chi connectivity index (χ3n) is 5.80. The van der Waals surface area contributed by atoms with Gasteiger partial charge in [0.2, 0.25) is 0 Å². The van der Waals surface area contributed by atoms with Crippen LogP contribution in [0.15, 0.2) is 55.7 Å². The second-order valence-corrected chi connectivity index (χ2v) is 8.78. The zero-order valence-electron chi connectivity index (χ0n) is 19.6. The van der Waals surface area contributed by atoms with E-state index < -0.39 is 6.09 Å². The molecular weight excluding hydrogens is 416 g/mol. The average Bonchev–Trinajstić information content (AvgIpc) is 2.76. The maximum Gasteiger partial charge on any atom is 0.412 e. The third-order valence-corrected chi connectivity index (χ3v) is 5.80. The van der Waals surface area contributed by atoms with Crippen LogP contribution >= 0.6 is 0 Å². The molecule has 0 aromatic heterocycles. The Hall–Kier alpha value is -3.67. The lowest BCUT2D eigenvalue weighted by Crippen LogP contribution is -2.32. The molecule has 2 heterocycles. The van der Waals surface area contributed by atoms with Crippen LogP contribution in [0.2, 0.25) is 0 Å². The molecule has 33 heavy (non-hydrogen) atoms. The van der Waals surface area contributed by atoms with Crippen LogP contribution in [-0.4, -0.2) is 25.3 Å². The summed E-state index contributed by atoms with van der Waals surface area (Å²) in [6, 6.07) is 7.68. The fourth-order valence-electron chi connectivity index (χ4n) is 4.70. The van der Waals surface area contributed by atoms with Gasteiger partial charge in [-0.05, 0) is 50.1 Å². The van der Waals surface area contributed by atoms with Crippen LogP contribution in [-0.2, 0) is 0 Å². The molecule has 2 aromatic carbocycles. The van der Waals surface area contributed by atoms with Gasteiger partial charge < -0.3 is 24.8 Å². The van der Waals surface area contributed by atoms with Crippen molar-refractivity contribution < 1.29 is 19.0 Å². The molecule has 2 aliphatic rings. The molecule has 2 N–H and O–H groups in total. The number of anilines is 1. The highest BCUT2D eigenvalue weighted by Crippen LogP contribution is 2.54. The number of nitrogens with one attached hydrogen (secondary N) is 2. The van der Waals surface area contributed by atoms with E-state index in [9.17, 15) is 4.79 Å². The Balaban J connectivity index is 1.90. The fraction of sp³-hybridized carbons (Fsp3) is 0.296. The molecule has 1 unspecified atom stereocenters. The summed E-state index contributed by atoms with van der Waals surface area (Å²) in [6.45, 7) is 14.3. The zero-order chi connectivity index (χ0) is 23.8. The van der Waals surface area contributed by atoms with Gasteiger partial charge in [0, 0.05) is 29.8 Å². The van der Waals surface area contributed by atoms with Crippen molar-refractivity contribution in [3.05, 3.63) is 66.8 Å². The van der Waals surface area contributed by atoms with Crippen LogP contribution in [0, 0.1) is 0 Å². The molecule has 4 rings (SSSR count). The van der Waals surface area contributed by atoms with E-state index in [0.29, 0.717) is 30.2 Å². The maximum absolute atomic E-state index is 12.2. The van der Waals surface area contributed by atoms with Crippen molar-refractivity contribution >= 4 is 17.4 Å². The van der Waals surface area contributed by atoms with Gasteiger partial charge in [-0.3, -0.25) is 0 Å². The lowest BCUT2D eigenvalue weighted by molar-refractivity contribution is 0.196. The molecule has 1 atom stereocenters. The summed E-state index contributed by atoms with van der Waals surface area (Å²) in [5.41, 5.74) is 6.05. The molecule has 1 amide bonds. The van der Waals surface area contributed by atoms with Gasteiger partial charge in [-0.2, -0.15) is 0 Å². The van der Waals surface area contributed by atoms with E-state index >= 15 is 0 Å². The fourth-order valence-corrected chi connectivity index (χ4v) is 4.70. The first kappa shape index (κ1) is 22.5. The number of fused-ring (bicyclic) bond motifs is 5. The summed E-state index contributed by atoms with van der Waals surface area (Å²) < 4.78 is 17.7. The highest BCUT2D eigenvalue weighted by molar-refractivity contribution is 5.92. The SMILES string of the molecule is C=CCNC(=O)Oc1ccc2c(c1OC)-c1ccc3c(c1C(CC=C)O2)C(C)=CC(C)(C)N3. The van der Waals surface area contributed by atoms with Crippen LogP contribution in [0.1, 0.15) is 44.4 Å². The second-order valence-electron chi connectivity index (χ2n) is 8.78. The Kier molecular flexibility index (Phi) is 5.93. The predicted molar refractivity (Wildman–Crippen MR) is 132 cm³/mol. The minimum Gasteiger partial charge on any atom is -0.492 e. The van der Waals surface area contributed by atoms with Crippen molar-refractivity contribution in [1.82, 2.24) is 5.32 Å². The van der Waals surface area contributed by atoms with Crippen LogP contribution in [0.3, 0.4) is 0 Å². The number of rotatable bonds is 6. The van der Waals surface area contributed by atoms with Gasteiger partial charge in [0.1, 0.15) is 11.9 Å². The van der Waals surface area contributed by atoms with E-state index in [1.54, 1.807) is 19.3 Å². The second kappa shape index (κ2) is 8.70. The molecule has 6 heteroatoms. The first-order valence-corrected chi connectivity index (χ1v) is 11.0. The summed E-state index contributed by atoms with van der Waals surface area (Å²) in [5.74, 6) is 1.44. The minimum atomic E-state index is -0.578. The Bertz CT molecular complexity index is 1160. The largest absolute Gasteiger partial charge is 0.492 e. The summed E-state index contributed by atoms with van der Waals surface area (Å²) in [6.07, 6.45) is 5.57. The predicted octanol–water partition coefficient (Wildman–Crippen LogP) is 6.25. The van der Waals surface area contributed by atoms with Gasteiger partial charge >= 0.3 is 6.09 Å². The number of hydrogen-bond donors (Lipinski definition) is 2. The van der Waals surface area contributed by atoms with E-state index in [2.05, 4.69) is 62.8 Å². The average molecular weight is 447 g/mol. The number of benzene rings is 2. The molecule has 0 aliphatic carbocycles. The topological polar surface area (TPSA) is 68.8 Å². The van der Waals surface area contributed by atoms with Gasteiger partial charge in [0.05, 0.1) is 18.2 Å². The Labute approximate surface area is 194 Å². The number of hydrogen-bond acceptors (Lipinski definition) is 5. The highest BCUT2D eigenvalue weighted by Gasteiger charge is 2.35. The molecule has 0 radical (unpaired) electrons. The molecule has 172 valence electrons. The molecule has 0 bridgehead atoms. The highest BCUT2D eigenvalue weighted by atomic mass is 16.6. The lowest BCUT2D eigenvalue weighted by Gasteiger charge is -2.37. The smallest absolute Gasteiger partial charge is 0.412 e. The van der Waals surface area contributed by atoms with E-state index in [1.807, 2.05) is 12.1 Å². The summed E-state index contributed by atoms with van der Waals surface area (Å²) in [5, 5.41) is 6.23. The quantitative estimate of drug-likeness (QED) is 0.513. The third kappa shape index (κ3) is 4.09. The van der Waals surface area contributed by atoms with Crippen molar-refractivity contribution in [3.63, 3.8) is 0 Å². The number of allylic oxidation sites excluding steroid dienone is 1. The minimum absolute atomic E-state index is 0.149. The molecule has 6 nitrogen and oxygen atoms in total. The van der Waals surface area contributed by atoms with Crippen LogP contribution in [0.25, 0.3) is 16.7 Å². The first-order valence-electron chi connectivity index (χ1n) is 11.0. The number of amides is 1. The van der Waals surface area contributed by atoms with Crippen molar-refractivity contribution in [2.75, 3.05) is 19.0 Å². The number of ether oxygens (including phenoxy) is 3. The van der Waals surface area contributed by atoms with E-state index in [0.717, 1.165) is 27.9 Å². The molecular formula is C27H30N2O4. The van der Waals surface area contributed by atoms with Gasteiger partial charge in [0.25, 0.3) is 0 Å². The summed E-state index contributed by atoms with van der Waals surface area (Å²) in [4.78, 5) is 12.2. The molecule has 0 spiro atoms. The van der Waals surface area contributed by atoms with E-state index in [1.165, 1.54) is 5.57 Å². The lowest BCUT2D eigenvalue weighted by atomic mass is 9.81. The first-order chi connectivity index (χ1) is 15.8. The van der Waals surface area contributed by atoms with Crippen LogP contribution < -0.4 is 24.8 Å². The molecule has 0 fully saturated rings. The maximum atomic E-state index is 12.2. The number of carbonyl (C=O) groups excluding carboxylic acids is 1. The van der Waals surface area contributed by atoms with Crippen LogP contribution in [0.4, 0.5) is 10.5 Å². The van der Waals surface area contributed by atoms with Crippen molar-refractivity contribution in [1.29, 1.82) is 0 Å². The zero-order valence-corrected chi connectivity index (χ0v) is 19.6. The van der Waals surface area contributed by atoms with Gasteiger partial charge in [0.15, 0.2) is 11.5 Å². The number of carbonyl (C=O) groups is 1. The van der Waals surface area contributed by atoms with Crippen molar-refractivity contribution in [2.24, 2.45) is 0 Å². The molecule has 0 saturated carbocycles. The van der Waals surface area contributed by atoms with Crippen molar-refractivity contribution in [2.45, 2.75) is 38.8 Å². The Morgan fingerprint density at radius 2 is 2.00 bits per heavy atom. The number of methoxy groups -OCH3 is 1. The summed E-state index contributed by atoms with van der Waals surface area (Å²) in [7, 11) is 1.56. The molecule has 0 saturated heterocycles. The van der Waals surface area contributed by atoms with Crippen molar-refractivity contribution in [3.8, 4) is 28.4 Å². The standard InChI is InChI=1S/C27H30N2O4/c1-7-9-19-23-17(10-11-18-22(23)16(3)15-27(4,5)29-18)24-20(32-19)12-13-21(25(24)31-6)33-26(30)28-14-8-2/h7-8,10-13,15,19,29H,1-2,9,14H2,3-6H3,(H,28,30). The Morgan fingerprint density at radius 1 is 1.21 bits per heavy atom. The van der Waals surface area contributed by atoms with E-state index in [4.69, 9.17) is 14.2 Å². The van der Waals surface area contributed by atoms with Crippen LogP contribution in [0.5, 0.6) is 17.2 Å².